The van der Waals surface area contributed by atoms with Crippen LogP contribution in [0.2, 0.25) is 0 Å². The average Bonchev–Trinajstić information content (AvgIpc) is 3.17. The maximum absolute atomic E-state index is 13.1. The monoisotopic (exact) mass is 373 g/mol. The summed E-state index contributed by atoms with van der Waals surface area (Å²) < 4.78 is 6.75. The summed E-state index contributed by atoms with van der Waals surface area (Å²) in [7, 11) is 0. The molecule has 25 heavy (non-hydrogen) atoms. The third-order valence-corrected chi connectivity index (χ3v) is 12.5. The molecule has 0 amide bonds. The molecule has 1 aliphatic heterocycles. The molecule has 1 rings (SSSR count). The molecule has 0 saturated carbocycles. The van der Waals surface area contributed by atoms with E-state index in [0.29, 0.717) is 0 Å². The molecule has 1 saturated heterocycles. The van der Waals surface area contributed by atoms with Gasteiger partial charge in [-0.2, -0.15) is 0 Å². The van der Waals surface area contributed by atoms with E-state index in [1.54, 1.807) is 0 Å². The van der Waals surface area contributed by atoms with Gasteiger partial charge < -0.3 is 0 Å². The third kappa shape index (κ3) is 6.83. The van der Waals surface area contributed by atoms with Gasteiger partial charge in [-0.05, 0) is 0 Å². The molecule has 0 spiro atoms. The van der Waals surface area contributed by atoms with E-state index < -0.39 is 6.83 Å². The molecule has 4 heteroatoms. The zero-order chi connectivity index (χ0) is 18.6. The van der Waals surface area contributed by atoms with Crippen LogP contribution in [0.25, 0.3) is 0 Å². The van der Waals surface area contributed by atoms with Crippen LogP contribution in [-0.2, 0) is 9.32 Å². The van der Waals surface area contributed by atoms with E-state index in [1.165, 1.54) is 76.0 Å². The van der Waals surface area contributed by atoms with Crippen LogP contribution in [0.5, 0.6) is 0 Å². The Labute approximate surface area is 157 Å². The fraction of sp³-hybridized carbons (Fsp3) is 0.952. The summed E-state index contributed by atoms with van der Waals surface area (Å²) in [5, 5.41) is 3.37. The Morgan fingerprint density at radius 2 is 1.32 bits per heavy atom. The minimum absolute atomic E-state index is 0.0481. The first kappa shape index (κ1) is 22.9. The van der Waals surface area contributed by atoms with Crippen molar-refractivity contribution in [2.24, 2.45) is 0 Å². The second kappa shape index (κ2) is 11.5. The number of nitrogens with one attached hydrogen (secondary N) is 1. The number of carbonyl (C=O) groups is 1. The third-order valence-electron chi connectivity index (χ3n) is 6.00. The van der Waals surface area contributed by atoms with Crippen LogP contribution in [0.1, 0.15) is 91.9 Å². The summed E-state index contributed by atoms with van der Waals surface area (Å²) in [6.45, 7) is 7.59. The molecule has 0 aromatic carbocycles. The zero-order valence-electron chi connectivity index (χ0n) is 17.4. The van der Waals surface area contributed by atoms with Crippen LogP contribution in [0.3, 0.4) is 0 Å². The van der Waals surface area contributed by atoms with Gasteiger partial charge in [0.05, 0.1) is 0 Å². The fourth-order valence-electron chi connectivity index (χ4n) is 4.29. The van der Waals surface area contributed by atoms with Crippen molar-refractivity contribution >= 4 is 12.8 Å². The molecule has 0 aromatic heterocycles. The van der Waals surface area contributed by atoms with Crippen molar-refractivity contribution in [3.05, 3.63) is 0 Å². The molecule has 0 bridgehead atoms. The summed E-state index contributed by atoms with van der Waals surface area (Å²) in [5.74, 6) is 0.0783. The van der Waals surface area contributed by atoms with Gasteiger partial charge in [0.2, 0.25) is 0 Å². The molecule has 1 N–H and O–H groups in total. The second-order valence-corrected chi connectivity index (χ2v) is 13.9. The molecular weight excluding hydrogens is 329 g/mol. The molecule has 0 unspecified atom stereocenters. The van der Waals surface area contributed by atoms with Crippen molar-refractivity contribution < 1.29 is 9.32 Å². The number of unbranched alkanes of at least 4 members (excludes halogenated alkanes) is 4. The van der Waals surface area contributed by atoms with Gasteiger partial charge in [0.1, 0.15) is 0 Å². The quantitative estimate of drug-likeness (QED) is 0.382. The minimum atomic E-state index is -2.45. The second-order valence-electron chi connectivity index (χ2n) is 8.23. The molecule has 1 fully saturated rings. The number of carbonyl (C=O) groups excluding carboxylic acids is 1. The first-order valence-corrected chi connectivity index (χ1v) is 13.9. The van der Waals surface area contributed by atoms with Crippen LogP contribution in [-0.4, -0.2) is 43.2 Å². The van der Waals surface area contributed by atoms with Gasteiger partial charge >= 0.3 is 157 Å². The Bertz CT molecular complexity index is 337. The fourth-order valence-corrected chi connectivity index (χ4v) is 11.1. The van der Waals surface area contributed by atoms with Gasteiger partial charge in [0.15, 0.2) is 0 Å². The Hall–Kier alpha value is -0.140. The first-order valence-electron chi connectivity index (χ1n) is 11.0. The van der Waals surface area contributed by atoms with Crippen molar-refractivity contribution in [1.82, 2.24) is 5.32 Å². The van der Waals surface area contributed by atoms with E-state index in [2.05, 4.69) is 33.0 Å². The van der Waals surface area contributed by atoms with E-state index in [4.69, 9.17) is 4.52 Å². The molecular formula is C21H44NO2P. The Kier molecular flexibility index (Phi) is 10.6. The van der Waals surface area contributed by atoms with Crippen LogP contribution < -0.4 is 5.32 Å². The van der Waals surface area contributed by atoms with Crippen LogP contribution in [0.15, 0.2) is 0 Å². The van der Waals surface area contributed by atoms with E-state index in [1.807, 2.05) is 0 Å². The summed E-state index contributed by atoms with van der Waals surface area (Å²) in [6, 6.07) is -0.0481. The first-order chi connectivity index (χ1) is 12.0. The summed E-state index contributed by atoms with van der Waals surface area (Å²) >= 11 is 0. The number of hydrogen-bond donors (Lipinski definition) is 1. The normalized spacial score (nSPS) is 19.5. The maximum atomic E-state index is 13.1. The molecule has 150 valence electrons. The SMILES string of the molecule is CCCCP(CCCC)(CCCC)(CCCC)OC(=O)[C@H]1CCCN1. The van der Waals surface area contributed by atoms with E-state index in [-0.39, 0.29) is 12.0 Å². The summed E-state index contributed by atoms with van der Waals surface area (Å²) in [6.07, 6.45) is 16.3. The molecule has 1 atom stereocenters. The van der Waals surface area contributed by atoms with E-state index in [0.717, 1.165) is 19.4 Å². The van der Waals surface area contributed by atoms with Crippen LogP contribution in [0.4, 0.5) is 0 Å². The molecule has 1 aliphatic rings. The van der Waals surface area contributed by atoms with Gasteiger partial charge in [-0.15, -0.1) is 0 Å². The topological polar surface area (TPSA) is 38.3 Å². The summed E-state index contributed by atoms with van der Waals surface area (Å²) in [5.41, 5.74) is 0. The van der Waals surface area contributed by atoms with E-state index >= 15 is 0 Å². The van der Waals surface area contributed by atoms with Gasteiger partial charge in [-0.25, -0.2) is 0 Å². The zero-order valence-corrected chi connectivity index (χ0v) is 18.3. The van der Waals surface area contributed by atoms with Crippen LogP contribution in [0, 0.1) is 0 Å². The van der Waals surface area contributed by atoms with Crippen molar-refractivity contribution in [2.75, 3.05) is 31.2 Å². The molecule has 1 heterocycles. The number of hydrogen-bond acceptors (Lipinski definition) is 3. The molecule has 3 nitrogen and oxygen atoms in total. The van der Waals surface area contributed by atoms with Crippen molar-refractivity contribution in [3.8, 4) is 0 Å². The Morgan fingerprint density at radius 1 is 0.880 bits per heavy atom. The van der Waals surface area contributed by atoms with Gasteiger partial charge in [0.25, 0.3) is 0 Å². The van der Waals surface area contributed by atoms with Gasteiger partial charge in [-0.1, -0.05) is 0 Å². The van der Waals surface area contributed by atoms with Gasteiger partial charge in [0, 0.05) is 0 Å². The standard InChI is InChI=1S/C21H44NO2P/c1-5-9-16-25(17-10-6-2,18-11-7-3,19-12-8-4)24-21(23)20-14-13-15-22-20/h20,22H,5-19H2,1-4H3/t20-/m1/s1. The van der Waals surface area contributed by atoms with Crippen LogP contribution >= 0.6 is 6.83 Å². The predicted octanol–water partition coefficient (Wildman–Crippen LogP) is 5.95. The number of rotatable bonds is 14. The Morgan fingerprint density at radius 3 is 1.64 bits per heavy atom. The predicted molar refractivity (Wildman–Crippen MR) is 113 cm³/mol. The summed E-state index contributed by atoms with van der Waals surface area (Å²) in [4.78, 5) is 13.1. The van der Waals surface area contributed by atoms with Crippen molar-refractivity contribution in [3.63, 3.8) is 0 Å². The molecule has 0 aliphatic carbocycles. The van der Waals surface area contributed by atoms with Crippen molar-refractivity contribution in [1.29, 1.82) is 0 Å². The van der Waals surface area contributed by atoms with Gasteiger partial charge in [-0.3, -0.25) is 0 Å². The molecule has 0 radical (unpaired) electrons. The molecule has 0 aromatic rings. The Balaban J connectivity index is 3.13. The van der Waals surface area contributed by atoms with E-state index in [9.17, 15) is 4.79 Å². The van der Waals surface area contributed by atoms with Crippen molar-refractivity contribution in [2.45, 2.75) is 97.9 Å². The average molecular weight is 374 g/mol.